The summed E-state index contributed by atoms with van der Waals surface area (Å²) in [6.07, 6.45) is 0. The summed E-state index contributed by atoms with van der Waals surface area (Å²) in [5.74, 6) is 0.640. The molecule has 0 aliphatic heterocycles. The summed E-state index contributed by atoms with van der Waals surface area (Å²) in [6.45, 7) is 0. The fourth-order valence-corrected chi connectivity index (χ4v) is 2.99. The SMILES string of the molecule is c1ccc(-c2ccc3nc4oc5ccccc5n4c3c2)cc1. The monoisotopic (exact) mass is 284 g/mol. The maximum Gasteiger partial charge on any atom is 0.307 e. The molecule has 0 saturated carbocycles. The van der Waals surface area contributed by atoms with Crippen LogP contribution in [0.15, 0.2) is 77.2 Å². The second kappa shape index (κ2) is 4.21. The Morgan fingerprint density at radius 1 is 0.727 bits per heavy atom. The summed E-state index contributed by atoms with van der Waals surface area (Å²) in [5.41, 5.74) is 6.31. The van der Waals surface area contributed by atoms with Crippen LogP contribution in [-0.2, 0) is 0 Å². The van der Waals surface area contributed by atoms with Crippen molar-refractivity contribution >= 4 is 28.0 Å². The molecule has 0 saturated heterocycles. The number of oxazole rings is 1. The van der Waals surface area contributed by atoms with Crippen LogP contribution in [0.25, 0.3) is 39.1 Å². The van der Waals surface area contributed by atoms with Gasteiger partial charge in [-0.25, -0.2) is 0 Å². The zero-order valence-corrected chi connectivity index (χ0v) is 11.7. The van der Waals surface area contributed by atoms with Gasteiger partial charge in [-0.05, 0) is 35.4 Å². The summed E-state index contributed by atoms with van der Waals surface area (Å²) in [6, 6.07) is 24.7. The van der Waals surface area contributed by atoms with E-state index in [1.165, 1.54) is 11.1 Å². The van der Waals surface area contributed by atoms with Crippen molar-refractivity contribution in [1.82, 2.24) is 9.38 Å². The number of para-hydroxylation sites is 2. The van der Waals surface area contributed by atoms with Crippen molar-refractivity contribution in [3.63, 3.8) is 0 Å². The first-order valence-corrected chi connectivity index (χ1v) is 7.25. The van der Waals surface area contributed by atoms with E-state index in [2.05, 4.69) is 57.9 Å². The Hall–Kier alpha value is -3.07. The zero-order valence-electron chi connectivity index (χ0n) is 11.7. The smallest absolute Gasteiger partial charge is 0.307 e. The Balaban J connectivity index is 1.88. The molecule has 0 spiro atoms. The van der Waals surface area contributed by atoms with Gasteiger partial charge in [-0.3, -0.25) is 4.40 Å². The zero-order chi connectivity index (χ0) is 14.5. The minimum Gasteiger partial charge on any atom is -0.423 e. The summed E-state index contributed by atoms with van der Waals surface area (Å²) in [5, 5.41) is 0. The molecule has 0 bridgehead atoms. The molecule has 0 aliphatic rings. The number of imidazole rings is 1. The lowest BCUT2D eigenvalue weighted by molar-refractivity contribution is 0.643. The highest BCUT2D eigenvalue weighted by Crippen LogP contribution is 2.29. The quantitative estimate of drug-likeness (QED) is 0.438. The van der Waals surface area contributed by atoms with Crippen LogP contribution in [0, 0.1) is 0 Å². The Morgan fingerprint density at radius 2 is 1.55 bits per heavy atom. The van der Waals surface area contributed by atoms with E-state index < -0.39 is 0 Å². The van der Waals surface area contributed by atoms with E-state index in [1.54, 1.807) is 0 Å². The van der Waals surface area contributed by atoms with Crippen LogP contribution in [0.5, 0.6) is 0 Å². The predicted molar refractivity (Wildman–Crippen MR) is 87.9 cm³/mol. The Morgan fingerprint density at radius 3 is 2.45 bits per heavy atom. The third-order valence-electron chi connectivity index (χ3n) is 4.04. The number of rotatable bonds is 1. The minimum atomic E-state index is 0.640. The van der Waals surface area contributed by atoms with Gasteiger partial charge in [0.1, 0.15) is 0 Å². The first-order valence-electron chi connectivity index (χ1n) is 7.25. The number of benzene rings is 3. The Bertz CT molecular complexity index is 1120. The van der Waals surface area contributed by atoms with Crippen molar-refractivity contribution in [3.8, 4) is 11.1 Å². The van der Waals surface area contributed by atoms with Gasteiger partial charge < -0.3 is 4.42 Å². The maximum absolute atomic E-state index is 5.83. The molecule has 0 atom stereocenters. The number of aromatic nitrogens is 2. The average molecular weight is 284 g/mol. The van der Waals surface area contributed by atoms with Gasteiger partial charge in [-0.2, -0.15) is 4.98 Å². The van der Waals surface area contributed by atoms with E-state index in [9.17, 15) is 0 Å². The van der Waals surface area contributed by atoms with E-state index in [1.807, 2.05) is 24.3 Å². The molecule has 0 N–H and O–H groups in total. The number of hydrogen-bond acceptors (Lipinski definition) is 2. The summed E-state index contributed by atoms with van der Waals surface area (Å²) >= 11 is 0. The number of hydrogen-bond donors (Lipinski definition) is 0. The minimum absolute atomic E-state index is 0.640. The van der Waals surface area contributed by atoms with Gasteiger partial charge >= 0.3 is 5.84 Å². The van der Waals surface area contributed by atoms with E-state index in [4.69, 9.17) is 4.42 Å². The number of fused-ring (bicyclic) bond motifs is 5. The van der Waals surface area contributed by atoms with Crippen LogP contribution < -0.4 is 0 Å². The first kappa shape index (κ1) is 11.6. The van der Waals surface area contributed by atoms with Gasteiger partial charge in [0.15, 0.2) is 5.58 Å². The highest BCUT2D eigenvalue weighted by atomic mass is 16.4. The van der Waals surface area contributed by atoms with Crippen LogP contribution in [0.4, 0.5) is 0 Å². The molecule has 0 radical (unpaired) electrons. The molecule has 5 rings (SSSR count). The lowest BCUT2D eigenvalue weighted by atomic mass is 10.1. The topological polar surface area (TPSA) is 30.4 Å². The van der Waals surface area contributed by atoms with Crippen molar-refractivity contribution in [3.05, 3.63) is 72.8 Å². The van der Waals surface area contributed by atoms with Crippen LogP contribution in [0.1, 0.15) is 0 Å². The van der Waals surface area contributed by atoms with Gasteiger partial charge in [-0.15, -0.1) is 0 Å². The highest BCUT2D eigenvalue weighted by Gasteiger charge is 2.13. The molecule has 2 aromatic heterocycles. The van der Waals surface area contributed by atoms with E-state index in [0.29, 0.717) is 5.84 Å². The van der Waals surface area contributed by atoms with Gasteiger partial charge in [0.25, 0.3) is 0 Å². The van der Waals surface area contributed by atoms with Crippen LogP contribution >= 0.6 is 0 Å². The first-order chi connectivity index (χ1) is 10.9. The normalized spacial score (nSPS) is 11.6. The van der Waals surface area contributed by atoms with Crippen molar-refractivity contribution in [2.24, 2.45) is 0 Å². The second-order valence-electron chi connectivity index (χ2n) is 5.37. The standard InChI is InChI=1S/C19H12N2O/c1-2-6-13(7-3-1)14-10-11-15-17(12-14)21-16-8-4-5-9-18(16)22-19(21)20-15/h1-12H. The lowest BCUT2D eigenvalue weighted by Gasteiger charge is -2.01. The summed E-state index contributed by atoms with van der Waals surface area (Å²) < 4.78 is 7.92. The second-order valence-corrected chi connectivity index (χ2v) is 5.37. The molecule has 5 aromatic rings. The Labute approximate surface area is 126 Å². The molecule has 3 aromatic carbocycles. The van der Waals surface area contributed by atoms with E-state index >= 15 is 0 Å². The molecule has 0 fully saturated rings. The molecule has 0 aliphatic carbocycles. The molecule has 2 heterocycles. The third kappa shape index (κ3) is 1.53. The Kier molecular flexibility index (Phi) is 2.22. The average Bonchev–Trinajstić information content (AvgIpc) is 3.10. The maximum atomic E-state index is 5.83. The molecule has 22 heavy (non-hydrogen) atoms. The molecule has 104 valence electrons. The third-order valence-corrected chi connectivity index (χ3v) is 4.04. The largest absolute Gasteiger partial charge is 0.423 e. The molecule has 0 amide bonds. The van der Waals surface area contributed by atoms with Crippen LogP contribution in [-0.4, -0.2) is 9.38 Å². The fraction of sp³-hybridized carbons (Fsp3) is 0. The highest BCUT2D eigenvalue weighted by molar-refractivity contribution is 5.90. The fourth-order valence-electron chi connectivity index (χ4n) is 2.99. The lowest BCUT2D eigenvalue weighted by Crippen LogP contribution is -1.82. The summed E-state index contributed by atoms with van der Waals surface area (Å²) in [4.78, 5) is 4.58. The van der Waals surface area contributed by atoms with Crippen LogP contribution in [0.3, 0.4) is 0 Å². The van der Waals surface area contributed by atoms with Crippen molar-refractivity contribution in [2.75, 3.05) is 0 Å². The summed E-state index contributed by atoms with van der Waals surface area (Å²) in [7, 11) is 0. The van der Waals surface area contributed by atoms with Gasteiger partial charge in [-0.1, -0.05) is 48.5 Å². The van der Waals surface area contributed by atoms with Crippen molar-refractivity contribution in [1.29, 1.82) is 0 Å². The van der Waals surface area contributed by atoms with E-state index in [0.717, 1.165) is 22.1 Å². The molecular formula is C19H12N2O. The predicted octanol–water partition coefficient (Wildman–Crippen LogP) is 4.90. The van der Waals surface area contributed by atoms with Gasteiger partial charge in [0, 0.05) is 0 Å². The molecule has 3 nitrogen and oxygen atoms in total. The van der Waals surface area contributed by atoms with Crippen molar-refractivity contribution < 1.29 is 4.42 Å². The van der Waals surface area contributed by atoms with Gasteiger partial charge in [0.2, 0.25) is 0 Å². The molecular weight excluding hydrogens is 272 g/mol. The van der Waals surface area contributed by atoms with Gasteiger partial charge in [0.05, 0.1) is 16.6 Å². The molecule has 0 unspecified atom stereocenters. The number of nitrogens with zero attached hydrogens (tertiary/aromatic N) is 2. The van der Waals surface area contributed by atoms with E-state index in [-0.39, 0.29) is 0 Å². The van der Waals surface area contributed by atoms with Crippen molar-refractivity contribution in [2.45, 2.75) is 0 Å². The molecule has 3 heteroatoms. The van der Waals surface area contributed by atoms with Crippen LogP contribution in [0.2, 0.25) is 0 Å².